The number of anilines is 3. The molecule has 3 aromatic heterocycles. The second kappa shape index (κ2) is 10.6. The van der Waals surface area contributed by atoms with Crippen LogP contribution in [0.4, 0.5) is 17.3 Å². The maximum Gasteiger partial charge on any atom is 0.256 e. The number of aryl methyl sites for hydroxylation is 2. The molecular formula is C21H31N5O5S3. The molecule has 0 bridgehead atoms. The Morgan fingerprint density at radius 1 is 1.24 bits per heavy atom. The molecule has 3 N–H and O–H groups in total. The summed E-state index contributed by atoms with van der Waals surface area (Å²) in [6.07, 6.45) is 2.54. The lowest BCUT2D eigenvalue weighted by atomic mass is 10.0. The fourth-order valence-corrected chi connectivity index (χ4v) is 7.25. The van der Waals surface area contributed by atoms with E-state index in [0.717, 1.165) is 23.3 Å². The summed E-state index contributed by atoms with van der Waals surface area (Å²) < 4.78 is 53.0. The normalized spacial score (nSPS) is 13.6. The Labute approximate surface area is 207 Å². The predicted molar refractivity (Wildman–Crippen MR) is 134 cm³/mol. The molecule has 1 unspecified atom stereocenters. The highest BCUT2D eigenvalue weighted by atomic mass is 32.2. The summed E-state index contributed by atoms with van der Waals surface area (Å²) in [6, 6.07) is 1.70. The van der Waals surface area contributed by atoms with E-state index in [1.54, 1.807) is 27.0 Å². The van der Waals surface area contributed by atoms with E-state index < -0.39 is 26.9 Å². The summed E-state index contributed by atoms with van der Waals surface area (Å²) in [5.41, 5.74) is 1.25. The van der Waals surface area contributed by atoms with Crippen molar-refractivity contribution >= 4 is 49.8 Å². The molecule has 2 atom stereocenters. The van der Waals surface area contributed by atoms with Gasteiger partial charge in [0.25, 0.3) is 10.0 Å². The van der Waals surface area contributed by atoms with Gasteiger partial charge in [0.05, 0.1) is 18.0 Å². The van der Waals surface area contributed by atoms with Crippen molar-refractivity contribution in [2.45, 2.75) is 58.2 Å². The van der Waals surface area contributed by atoms with Crippen molar-refractivity contribution in [2.24, 2.45) is 5.92 Å². The molecule has 0 radical (unpaired) electrons. The maximum absolute atomic E-state index is 13.0. The van der Waals surface area contributed by atoms with Crippen molar-refractivity contribution < 1.29 is 22.5 Å². The average molecular weight is 530 g/mol. The van der Waals surface area contributed by atoms with Crippen LogP contribution in [0.5, 0.6) is 5.75 Å². The van der Waals surface area contributed by atoms with Crippen LogP contribution in [0.25, 0.3) is 0 Å². The number of sulfonamides is 1. The van der Waals surface area contributed by atoms with Gasteiger partial charge in [-0.05, 0) is 30.9 Å². The number of thiophene rings is 1. The van der Waals surface area contributed by atoms with Gasteiger partial charge in [-0.2, -0.15) is 4.31 Å². The third kappa shape index (κ3) is 5.23. The molecular weight excluding hydrogens is 498 g/mol. The van der Waals surface area contributed by atoms with Crippen LogP contribution in [-0.4, -0.2) is 44.2 Å². The SMILES string of the molecule is CCc1coc([C@H](Nc2n[s+]([O-])nc2Nc2c(C)sc(S(=O)(=O)N(CC)CC)c2O)C(C)C)c1. The first kappa shape index (κ1) is 26.4. The summed E-state index contributed by atoms with van der Waals surface area (Å²) in [7, 11) is -3.85. The van der Waals surface area contributed by atoms with Crippen molar-refractivity contribution in [3.8, 4) is 5.75 Å². The Balaban J connectivity index is 1.95. The first-order chi connectivity index (χ1) is 16.0. The van der Waals surface area contributed by atoms with Crippen molar-refractivity contribution in [1.29, 1.82) is 0 Å². The molecule has 0 saturated carbocycles. The van der Waals surface area contributed by atoms with Gasteiger partial charge in [0.15, 0.2) is 21.1 Å². The summed E-state index contributed by atoms with van der Waals surface area (Å²) in [4.78, 5) is 0.544. The quantitative estimate of drug-likeness (QED) is 0.292. The van der Waals surface area contributed by atoms with Crippen LogP contribution in [0.1, 0.15) is 56.9 Å². The van der Waals surface area contributed by atoms with Crippen molar-refractivity contribution in [3.05, 3.63) is 28.5 Å². The lowest BCUT2D eigenvalue weighted by molar-refractivity contribution is 0.420. The molecule has 3 rings (SSSR count). The van der Waals surface area contributed by atoms with E-state index in [1.807, 2.05) is 26.8 Å². The van der Waals surface area contributed by atoms with Gasteiger partial charge in [0, 0.05) is 26.7 Å². The standard InChI is InChI=1S/C21H31N5O5S3/c1-7-14-10-15(31-11-14)16(12(4)5)22-19-20(25-33(28)24-19)23-17-13(6)32-21(18(17)27)34(29,30)26(8-2)9-3/h10-12,16,27H,7-9H2,1-6H3,(H,22,24)(H,23,25)/t16-,33?/m1/s1. The second-order valence-corrected chi connectivity index (χ2v) is 12.3. The topological polar surface area (TPSA) is 144 Å². The zero-order valence-corrected chi connectivity index (χ0v) is 22.5. The lowest BCUT2D eigenvalue weighted by Crippen LogP contribution is -2.30. The van der Waals surface area contributed by atoms with Gasteiger partial charge in [0.2, 0.25) is 11.6 Å². The Morgan fingerprint density at radius 2 is 1.88 bits per heavy atom. The van der Waals surface area contributed by atoms with E-state index in [9.17, 15) is 18.1 Å². The van der Waals surface area contributed by atoms with Gasteiger partial charge in [0.1, 0.15) is 5.76 Å². The molecule has 0 fully saturated rings. The third-order valence-electron chi connectivity index (χ3n) is 5.46. The van der Waals surface area contributed by atoms with E-state index >= 15 is 0 Å². The molecule has 188 valence electrons. The molecule has 0 aliphatic rings. The number of nitrogens with zero attached hydrogens (tertiary/aromatic N) is 3. The average Bonchev–Trinajstić information content (AvgIpc) is 3.46. The zero-order chi connectivity index (χ0) is 25.2. The van der Waals surface area contributed by atoms with Gasteiger partial charge in [-0.15, -0.1) is 11.3 Å². The Morgan fingerprint density at radius 3 is 2.44 bits per heavy atom. The van der Waals surface area contributed by atoms with Crippen molar-refractivity contribution in [2.75, 3.05) is 23.7 Å². The third-order valence-corrected chi connectivity index (χ3v) is 9.77. The second-order valence-electron chi connectivity index (χ2n) is 8.07. The minimum atomic E-state index is -3.85. The molecule has 3 aromatic rings. The van der Waals surface area contributed by atoms with Crippen LogP contribution in [0.2, 0.25) is 0 Å². The highest BCUT2D eigenvalue weighted by Crippen LogP contribution is 2.45. The molecule has 3 heterocycles. The van der Waals surface area contributed by atoms with Crippen LogP contribution in [-0.2, 0) is 16.4 Å². The fourth-order valence-electron chi connectivity index (χ4n) is 3.52. The molecule has 0 aromatic carbocycles. The van der Waals surface area contributed by atoms with Crippen LogP contribution in [0, 0.1) is 12.8 Å². The van der Waals surface area contributed by atoms with Crippen LogP contribution < -0.4 is 10.6 Å². The summed E-state index contributed by atoms with van der Waals surface area (Å²) in [5, 5.41) is 17.0. The number of hydrogen-bond acceptors (Lipinski definition) is 10. The molecule has 0 saturated heterocycles. The first-order valence-electron chi connectivity index (χ1n) is 11.1. The van der Waals surface area contributed by atoms with E-state index in [-0.39, 0.29) is 46.6 Å². The van der Waals surface area contributed by atoms with Gasteiger partial charge < -0.3 is 24.7 Å². The molecule has 10 nitrogen and oxygen atoms in total. The number of nitrogens with one attached hydrogen (secondary N) is 2. The van der Waals surface area contributed by atoms with Crippen molar-refractivity contribution in [3.63, 3.8) is 0 Å². The summed E-state index contributed by atoms with van der Waals surface area (Å²) >= 11 is -0.892. The number of furan rings is 1. The Hall–Kier alpha value is -2.19. The van der Waals surface area contributed by atoms with Crippen molar-refractivity contribution in [1.82, 2.24) is 13.1 Å². The molecule has 34 heavy (non-hydrogen) atoms. The highest BCUT2D eigenvalue weighted by Gasteiger charge is 2.32. The molecule has 0 amide bonds. The number of hydrogen-bond donors (Lipinski definition) is 3. The maximum atomic E-state index is 13.0. The Bertz CT molecular complexity index is 1230. The van der Waals surface area contributed by atoms with Gasteiger partial charge >= 0.3 is 0 Å². The lowest BCUT2D eigenvalue weighted by Gasteiger charge is -2.20. The first-order valence-corrected chi connectivity index (χ1v) is 14.4. The highest BCUT2D eigenvalue weighted by molar-refractivity contribution is 7.91. The fraction of sp³-hybridized carbons (Fsp3) is 0.524. The molecule has 0 spiro atoms. The van der Waals surface area contributed by atoms with Crippen LogP contribution in [0.3, 0.4) is 0 Å². The minimum absolute atomic E-state index is 0.107. The smallest absolute Gasteiger partial charge is 0.256 e. The molecule has 0 aliphatic heterocycles. The van der Waals surface area contributed by atoms with Gasteiger partial charge in [-0.25, -0.2) is 8.42 Å². The van der Waals surface area contributed by atoms with Crippen LogP contribution in [0.15, 0.2) is 21.0 Å². The van der Waals surface area contributed by atoms with E-state index in [1.165, 1.54) is 4.31 Å². The number of rotatable bonds is 11. The summed E-state index contributed by atoms with van der Waals surface area (Å²) in [6.45, 7) is 11.8. The largest absolute Gasteiger partial charge is 0.546 e. The van der Waals surface area contributed by atoms with Gasteiger partial charge in [-0.1, -0.05) is 34.6 Å². The minimum Gasteiger partial charge on any atom is -0.546 e. The molecule has 13 heteroatoms. The number of aromatic nitrogens is 2. The van der Waals surface area contributed by atoms with Gasteiger partial charge in [-0.3, -0.25) is 0 Å². The summed E-state index contributed by atoms with van der Waals surface area (Å²) in [5.74, 6) is 0.816. The Kier molecular flexibility index (Phi) is 8.24. The number of aromatic hydroxyl groups is 1. The van der Waals surface area contributed by atoms with E-state index in [2.05, 4.69) is 19.4 Å². The van der Waals surface area contributed by atoms with E-state index in [4.69, 9.17) is 4.42 Å². The van der Waals surface area contributed by atoms with Crippen LogP contribution >= 0.6 is 22.5 Å². The van der Waals surface area contributed by atoms with E-state index in [0.29, 0.717) is 10.6 Å². The zero-order valence-electron chi connectivity index (χ0n) is 20.1. The predicted octanol–water partition coefficient (Wildman–Crippen LogP) is 5.02. The monoisotopic (exact) mass is 529 g/mol. The molecule has 0 aliphatic carbocycles.